The Kier molecular flexibility index (Phi) is 6.97. The maximum Gasteiger partial charge on any atom is 0.319 e. The second-order valence-electron chi connectivity index (χ2n) is 12.6. The number of pyridine rings is 1. The molecule has 45 heavy (non-hydrogen) atoms. The number of aromatic nitrogens is 3. The zero-order valence-electron chi connectivity index (χ0n) is 24.4. The van der Waals surface area contributed by atoms with Gasteiger partial charge in [-0.15, -0.1) is 0 Å². The minimum atomic E-state index is -0.933. The minimum absolute atomic E-state index is 0.0457. The number of anilines is 1. The molecule has 1 spiro atoms. The van der Waals surface area contributed by atoms with Crippen LogP contribution in [0.5, 0.6) is 11.8 Å². The number of hydrogen-bond acceptors (Lipinski definition) is 9. The van der Waals surface area contributed by atoms with Gasteiger partial charge in [0.05, 0.1) is 42.3 Å². The number of aromatic hydroxyl groups is 1. The maximum absolute atomic E-state index is 16.7. The summed E-state index contributed by atoms with van der Waals surface area (Å²) in [5.41, 5.74) is -1.07. The van der Waals surface area contributed by atoms with Gasteiger partial charge in [0.25, 0.3) is 0 Å². The molecule has 4 aliphatic rings. The van der Waals surface area contributed by atoms with Gasteiger partial charge < -0.3 is 24.2 Å². The first kappa shape index (κ1) is 29.0. The molecule has 13 heteroatoms. The molecule has 1 N–H and O–H groups in total. The number of phenolic OH excluding ortho intramolecular Hbond substituents is 1. The van der Waals surface area contributed by atoms with Crippen LogP contribution in [0.4, 0.5) is 19.0 Å². The summed E-state index contributed by atoms with van der Waals surface area (Å²) in [6.45, 7) is 3.75. The molecule has 4 fully saturated rings. The van der Waals surface area contributed by atoms with Crippen molar-refractivity contribution in [3.8, 4) is 23.0 Å². The lowest BCUT2D eigenvalue weighted by Gasteiger charge is -2.42. The molecule has 1 unspecified atom stereocenters. The van der Waals surface area contributed by atoms with Crippen molar-refractivity contribution >= 4 is 39.1 Å². The topological polar surface area (TPSA) is 93.1 Å². The number of alkyl halides is 1. The lowest BCUT2D eigenvalue weighted by molar-refractivity contribution is -0.167. The summed E-state index contributed by atoms with van der Waals surface area (Å²) >= 11 is 6.36. The quantitative estimate of drug-likeness (QED) is 0.306. The average Bonchev–Trinajstić information content (AvgIpc) is 3.42. The number of fused-ring (bicyclic) bond motifs is 3. The van der Waals surface area contributed by atoms with Crippen molar-refractivity contribution in [1.29, 1.82) is 0 Å². The molecular weight excluding hydrogens is 611 g/mol. The highest BCUT2D eigenvalue weighted by Gasteiger charge is 2.49. The van der Waals surface area contributed by atoms with Gasteiger partial charge >= 0.3 is 6.01 Å². The summed E-state index contributed by atoms with van der Waals surface area (Å²) in [7, 11) is 0. The third-order valence-corrected chi connectivity index (χ3v) is 10.1. The van der Waals surface area contributed by atoms with Gasteiger partial charge in [-0.1, -0.05) is 17.7 Å². The van der Waals surface area contributed by atoms with Crippen molar-refractivity contribution in [3.05, 3.63) is 47.1 Å². The number of halogens is 4. The third-order valence-electron chi connectivity index (χ3n) is 9.74. The van der Waals surface area contributed by atoms with E-state index in [1.807, 2.05) is 4.90 Å². The monoisotopic (exact) mass is 641 g/mol. The first-order chi connectivity index (χ1) is 21.7. The number of hydrogen-bond donors (Lipinski definition) is 1. The molecule has 0 aliphatic carbocycles. The van der Waals surface area contributed by atoms with Gasteiger partial charge in [-0.3, -0.25) is 9.88 Å². The van der Waals surface area contributed by atoms with Gasteiger partial charge in [0.2, 0.25) is 0 Å². The number of nitrogens with zero attached hydrogens (tertiary/aromatic N) is 5. The van der Waals surface area contributed by atoms with Crippen LogP contribution in [0.3, 0.4) is 0 Å². The molecule has 0 amide bonds. The molecule has 4 saturated heterocycles. The van der Waals surface area contributed by atoms with Crippen molar-refractivity contribution in [2.75, 3.05) is 57.5 Å². The van der Waals surface area contributed by atoms with Gasteiger partial charge in [-0.05, 0) is 43.0 Å². The highest BCUT2D eigenvalue weighted by Crippen LogP contribution is 2.43. The fourth-order valence-electron chi connectivity index (χ4n) is 7.45. The van der Waals surface area contributed by atoms with Gasteiger partial charge in [0, 0.05) is 43.1 Å². The van der Waals surface area contributed by atoms with Gasteiger partial charge in [-0.25, -0.2) is 13.2 Å². The average molecular weight is 642 g/mol. The number of phenols is 1. The van der Waals surface area contributed by atoms with E-state index in [9.17, 15) is 13.9 Å². The molecule has 0 saturated carbocycles. The Hall–Kier alpha value is -3.45. The Morgan fingerprint density at radius 3 is 2.82 bits per heavy atom. The van der Waals surface area contributed by atoms with Crippen LogP contribution in [0, 0.1) is 11.6 Å². The maximum atomic E-state index is 16.7. The van der Waals surface area contributed by atoms with Crippen molar-refractivity contribution in [2.24, 2.45) is 0 Å². The van der Waals surface area contributed by atoms with E-state index in [1.165, 1.54) is 30.5 Å². The Morgan fingerprint density at radius 2 is 2.00 bits per heavy atom. The lowest BCUT2D eigenvalue weighted by Crippen LogP contribution is -2.54. The standard InChI is InChI=1S/C32H31ClF3N5O4/c33-25-23(35)3-2-18-10-20(42)11-21(24(18)25)27-26(36)28-22(13-37-27)29(40-7-9-43-17-32(15-40)5-8-45-32)39-30(38-28)44-16-31-4-1-6-41(31)14-19(34)12-31/h2-3,10-11,13,19,42H,1,4-9,12,14-17H2/t19-,31+,32?/m1/s1. The highest BCUT2D eigenvalue weighted by molar-refractivity contribution is 6.37. The molecule has 8 rings (SSSR count). The van der Waals surface area contributed by atoms with E-state index in [-0.39, 0.29) is 45.5 Å². The summed E-state index contributed by atoms with van der Waals surface area (Å²) in [4.78, 5) is 17.8. The Balaban J connectivity index is 1.27. The van der Waals surface area contributed by atoms with E-state index >= 15 is 4.39 Å². The number of benzene rings is 2. The molecule has 0 radical (unpaired) electrons. The first-order valence-electron chi connectivity index (χ1n) is 15.2. The van der Waals surface area contributed by atoms with Crippen LogP contribution in [-0.4, -0.2) is 94.9 Å². The second kappa shape index (κ2) is 10.8. The van der Waals surface area contributed by atoms with Crippen LogP contribution in [-0.2, 0) is 9.47 Å². The highest BCUT2D eigenvalue weighted by atomic mass is 35.5. The summed E-state index contributed by atoms with van der Waals surface area (Å²) in [5.74, 6) is -1.24. The number of ether oxygens (including phenoxy) is 3. The molecule has 2 aromatic carbocycles. The molecule has 2 aromatic heterocycles. The van der Waals surface area contributed by atoms with Crippen LogP contribution in [0.1, 0.15) is 25.7 Å². The molecule has 9 nitrogen and oxygen atoms in total. The van der Waals surface area contributed by atoms with Crippen LogP contribution >= 0.6 is 11.6 Å². The lowest BCUT2D eigenvalue weighted by atomic mass is 9.95. The van der Waals surface area contributed by atoms with E-state index in [0.29, 0.717) is 62.5 Å². The van der Waals surface area contributed by atoms with E-state index in [0.717, 1.165) is 25.8 Å². The normalized spacial score (nSPS) is 26.8. The van der Waals surface area contributed by atoms with E-state index in [1.54, 1.807) is 0 Å². The Labute approximate surface area is 261 Å². The summed E-state index contributed by atoms with van der Waals surface area (Å²) in [6.07, 6.45) is 3.45. The summed E-state index contributed by atoms with van der Waals surface area (Å²) < 4.78 is 63.8. The molecule has 3 atom stereocenters. The minimum Gasteiger partial charge on any atom is -0.508 e. The zero-order valence-corrected chi connectivity index (χ0v) is 25.1. The van der Waals surface area contributed by atoms with Crippen molar-refractivity contribution in [3.63, 3.8) is 0 Å². The predicted octanol–water partition coefficient (Wildman–Crippen LogP) is 5.43. The van der Waals surface area contributed by atoms with Crippen LogP contribution in [0.2, 0.25) is 5.02 Å². The molecule has 4 aromatic rings. The zero-order chi connectivity index (χ0) is 30.9. The molecular formula is C32H31ClF3N5O4. The summed E-state index contributed by atoms with van der Waals surface area (Å²) in [6, 6.07) is 5.32. The van der Waals surface area contributed by atoms with Gasteiger partial charge in [0.15, 0.2) is 5.82 Å². The van der Waals surface area contributed by atoms with E-state index in [2.05, 4.69) is 14.9 Å². The first-order valence-corrected chi connectivity index (χ1v) is 15.6. The van der Waals surface area contributed by atoms with Crippen molar-refractivity contribution in [2.45, 2.75) is 43.0 Å². The SMILES string of the molecule is Oc1cc(-c2ncc3c(N4CCOCC5(CCO5)C4)nc(OC[C@@]45CCCN4C[C@H](F)C5)nc3c2F)c2c(Cl)c(F)ccc2c1. The number of rotatable bonds is 5. The molecule has 6 heterocycles. The molecule has 0 bridgehead atoms. The van der Waals surface area contributed by atoms with Crippen LogP contribution in [0.15, 0.2) is 30.5 Å². The van der Waals surface area contributed by atoms with Gasteiger partial charge in [0.1, 0.15) is 47.0 Å². The van der Waals surface area contributed by atoms with Crippen molar-refractivity contribution in [1.82, 2.24) is 19.9 Å². The fraction of sp³-hybridized carbons (Fsp3) is 0.469. The molecule has 4 aliphatic heterocycles. The van der Waals surface area contributed by atoms with E-state index < -0.39 is 28.9 Å². The van der Waals surface area contributed by atoms with Crippen LogP contribution < -0.4 is 9.64 Å². The van der Waals surface area contributed by atoms with Crippen molar-refractivity contribution < 1.29 is 32.5 Å². The third kappa shape index (κ3) is 4.84. The smallest absolute Gasteiger partial charge is 0.319 e. The summed E-state index contributed by atoms with van der Waals surface area (Å²) in [5, 5.41) is 11.2. The Morgan fingerprint density at radius 1 is 1.13 bits per heavy atom. The Bertz CT molecular complexity index is 1830. The fourth-order valence-corrected chi connectivity index (χ4v) is 7.72. The second-order valence-corrected chi connectivity index (χ2v) is 13.0. The van der Waals surface area contributed by atoms with E-state index in [4.69, 9.17) is 30.8 Å². The van der Waals surface area contributed by atoms with Gasteiger partial charge in [-0.2, -0.15) is 9.97 Å². The predicted molar refractivity (Wildman–Crippen MR) is 162 cm³/mol. The largest absolute Gasteiger partial charge is 0.508 e. The molecule has 236 valence electrons. The van der Waals surface area contributed by atoms with Crippen LogP contribution in [0.25, 0.3) is 32.9 Å².